The number of halogens is 1. The van der Waals surface area contributed by atoms with Gasteiger partial charge in [-0.1, -0.05) is 11.6 Å². The van der Waals surface area contributed by atoms with Crippen molar-refractivity contribution in [3.05, 3.63) is 28.8 Å². The molecule has 0 bridgehead atoms. The number of nitrogens with one attached hydrogen (secondary N) is 1. The molecule has 0 spiro atoms. The van der Waals surface area contributed by atoms with E-state index in [9.17, 15) is 14.4 Å². The van der Waals surface area contributed by atoms with E-state index in [1.165, 1.54) is 16.7 Å². The van der Waals surface area contributed by atoms with Gasteiger partial charge in [-0.15, -0.1) is 11.8 Å². The normalized spacial score (nSPS) is 10.2. The molecule has 0 aliphatic rings. The summed E-state index contributed by atoms with van der Waals surface area (Å²) in [6.45, 7) is 3.87. The van der Waals surface area contributed by atoms with Crippen LogP contribution in [-0.2, 0) is 14.3 Å². The van der Waals surface area contributed by atoms with Crippen LogP contribution in [0.15, 0.2) is 23.1 Å². The topological polar surface area (TPSA) is 75.7 Å². The Morgan fingerprint density at radius 2 is 2.00 bits per heavy atom. The third-order valence-corrected chi connectivity index (χ3v) is 4.22. The first-order valence-corrected chi connectivity index (χ1v) is 9.08. The first kappa shape index (κ1) is 20.3. The zero-order valence-electron chi connectivity index (χ0n) is 13.9. The maximum atomic E-state index is 12.1. The van der Waals surface area contributed by atoms with Crippen LogP contribution in [0.5, 0.6) is 0 Å². The van der Waals surface area contributed by atoms with Crippen molar-refractivity contribution in [1.29, 1.82) is 0 Å². The standard InChI is InChI=1S/C16H21ClN2O4S/c1-4-18-14(20)9-19(5-2)15(21)10-23-16(22)12-8-11(24-3)6-7-13(12)17/h6-8H,4-5,9-10H2,1-3H3,(H,18,20). The molecule has 8 heteroatoms. The van der Waals surface area contributed by atoms with Gasteiger partial charge in [0, 0.05) is 18.0 Å². The van der Waals surface area contributed by atoms with Crippen LogP contribution in [0.2, 0.25) is 5.02 Å². The zero-order valence-corrected chi connectivity index (χ0v) is 15.5. The number of nitrogens with zero attached hydrogens (tertiary/aromatic N) is 1. The number of rotatable bonds is 8. The minimum absolute atomic E-state index is 0.0660. The van der Waals surface area contributed by atoms with Gasteiger partial charge in [-0.3, -0.25) is 9.59 Å². The molecule has 0 saturated carbocycles. The third-order valence-electron chi connectivity index (χ3n) is 3.16. The number of esters is 1. The molecule has 0 fully saturated rings. The summed E-state index contributed by atoms with van der Waals surface area (Å²) in [6, 6.07) is 5.02. The van der Waals surface area contributed by atoms with Crippen LogP contribution < -0.4 is 5.32 Å². The van der Waals surface area contributed by atoms with Gasteiger partial charge in [0.15, 0.2) is 6.61 Å². The minimum Gasteiger partial charge on any atom is -0.452 e. The van der Waals surface area contributed by atoms with Crippen molar-refractivity contribution in [3.8, 4) is 0 Å². The van der Waals surface area contributed by atoms with Crippen LogP contribution in [0.25, 0.3) is 0 Å². The molecule has 132 valence electrons. The molecular weight excluding hydrogens is 352 g/mol. The van der Waals surface area contributed by atoms with Crippen molar-refractivity contribution < 1.29 is 19.1 Å². The highest BCUT2D eigenvalue weighted by molar-refractivity contribution is 7.98. The molecule has 0 heterocycles. The Kier molecular flexibility index (Phi) is 8.63. The summed E-state index contributed by atoms with van der Waals surface area (Å²) in [5, 5.41) is 2.88. The van der Waals surface area contributed by atoms with E-state index in [1.54, 1.807) is 32.0 Å². The largest absolute Gasteiger partial charge is 0.452 e. The minimum atomic E-state index is -0.668. The lowest BCUT2D eigenvalue weighted by atomic mass is 10.2. The molecule has 0 saturated heterocycles. The Balaban J connectivity index is 2.65. The number of thioether (sulfide) groups is 1. The average molecular weight is 373 g/mol. The maximum absolute atomic E-state index is 12.1. The molecule has 0 aromatic heterocycles. The quantitative estimate of drug-likeness (QED) is 0.559. The summed E-state index contributed by atoms with van der Waals surface area (Å²) in [5.41, 5.74) is 0.211. The molecule has 0 aliphatic heterocycles. The van der Waals surface area contributed by atoms with Crippen LogP contribution in [0.4, 0.5) is 0 Å². The molecule has 0 aliphatic carbocycles. The highest BCUT2D eigenvalue weighted by Gasteiger charge is 2.19. The lowest BCUT2D eigenvalue weighted by molar-refractivity contribution is -0.138. The predicted molar refractivity (Wildman–Crippen MR) is 94.5 cm³/mol. The van der Waals surface area contributed by atoms with E-state index in [4.69, 9.17) is 16.3 Å². The van der Waals surface area contributed by atoms with E-state index in [0.29, 0.717) is 13.1 Å². The van der Waals surface area contributed by atoms with Gasteiger partial charge in [-0.2, -0.15) is 0 Å². The molecule has 6 nitrogen and oxygen atoms in total. The van der Waals surface area contributed by atoms with E-state index < -0.39 is 18.5 Å². The first-order chi connectivity index (χ1) is 11.4. The Morgan fingerprint density at radius 3 is 2.58 bits per heavy atom. The molecule has 1 N–H and O–H groups in total. The van der Waals surface area contributed by atoms with Crippen LogP contribution in [0.1, 0.15) is 24.2 Å². The summed E-state index contributed by atoms with van der Waals surface area (Å²) in [7, 11) is 0. The van der Waals surface area contributed by atoms with Crippen LogP contribution in [0.3, 0.4) is 0 Å². The fourth-order valence-electron chi connectivity index (χ4n) is 1.89. The fourth-order valence-corrected chi connectivity index (χ4v) is 2.52. The Labute approximate surface area is 150 Å². The van der Waals surface area contributed by atoms with Gasteiger partial charge < -0.3 is 15.0 Å². The number of amides is 2. The van der Waals surface area contributed by atoms with Gasteiger partial charge in [0.05, 0.1) is 17.1 Å². The average Bonchev–Trinajstić information content (AvgIpc) is 2.57. The fraction of sp³-hybridized carbons (Fsp3) is 0.438. The predicted octanol–water partition coefficient (Wildman–Crippen LogP) is 2.20. The third kappa shape index (κ3) is 6.05. The van der Waals surface area contributed by atoms with E-state index in [0.717, 1.165) is 4.90 Å². The summed E-state index contributed by atoms with van der Waals surface area (Å²) >= 11 is 7.47. The molecule has 1 aromatic rings. The van der Waals surface area contributed by atoms with Gasteiger partial charge in [0.25, 0.3) is 5.91 Å². The highest BCUT2D eigenvalue weighted by Crippen LogP contribution is 2.23. The van der Waals surface area contributed by atoms with Gasteiger partial charge in [-0.25, -0.2) is 4.79 Å². The smallest absolute Gasteiger partial charge is 0.340 e. The van der Waals surface area contributed by atoms with Crippen molar-refractivity contribution in [3.63, 3.8) is 0 Å². The SMILES string of the molecule is CCNC(=O)CN(CC)C(=O)COC(=O)c1cc(SC)ccc1Cl. The van der Waals surface area contributed by atoms with Crippen LogP contribution >= 0.6 is 23.4 Å². The second kappa shape index (κ2) is 10.2. The Hall–Kier alpha value is -1.73. The summed E-state index contributed by atoms with van der Waals surface area (Å²) < 4.78 is 5.04. The molecule has 2 amide bonds. The molecule has 0 atom stereocenters. The zero-order chi connectivity index (χ0) is 18.1. The summed E-state index contributed by atoms with van der Waals surface area (Å²) in [6.07, 6.45) is 1.88. The van der Waals surface area contributed by atoms with Crippen molar-refractivity contribution in [2.45, 2.75) is 18.7 Å². The lowest BCUT2D eigenvalue weighted by Gasteiger charge is -2.20. The number of carbonyl (C=O) groups is 3. The number of carbonyl (C=O) groups excluding carboxylic acids is 3. The Bertz CT molecular complexity index is 610. The molecule has 0 unspecified atom stereocenters. The summed E-state index contributed by atoms with van der Waals surface area (Å²) in [5.74, 6) is -1.36. The number of likely N-dealkylation sites (N-methyl/N-ethyl adjacent to an activating group) is 2. The molecule has 1 rings (SSSR count). The molecule has 24 heavy (non-hydrogen) atoms. The van der Waals surface area contributed by atoms with E-state index in [1.807, 2.05) is 6.26 Å². The first-order valence-electron chi connectivity index (χ1n) is 7.48. The number of benzene rings is 1. The molecule has 0 radical (unpaired) electrons. The van der Waals surface area contributed by atoms with E-state index >= 15 is 0 Å². The monoisotopic (exact) mass is 372 g/mol. The van der Waals surface area contributed by atoms with Crippen molar-refractivity contribution >= 4 is 41.1 Å². The van der Waals surface area contributed by atoms with Gasteiger partial charge in [0.1, 0.15) is 0 Å². The van der Waals surface area contributed by atoms with E-state index in [2.05, 4.69) is 5.32 Å². The van der Waals surface area contributed by atoms with Crippen molar-refractivity contribution in [2.75, 3.05) is 32.5 Å². The van der Waals surface area contributed by atoms with Crippen molar-refractivity contribution in [1.82, 2.24) is 10.2 Å². The van der Waals surface area contributed by atoms with Crippen LogP contribution in [-0.4, -0.2) is 55.2 Å². The van der Waals surface area contributed by atoms with Crippen LogP contribution in [0, 0.1) is 0 Å². The Morgan fingerprint density at radius 1 is 1.29 bits per heavy atom. The summed E-state index contributed by atoms with van der Waals surface area (Å²) in [4.78, 5) is 37.9. The molecule has 1 aromatic carbocycles. The molecular formula is C16H21ClN2O4S. The second-order valence-corrected chi connectivity index (χ2v) is 6.07. The lowest BCUT2D eigenvalue weighted by Crippen LogP contribution is -2.42. The number of ether oxygens (including phenoxy) is 1. The number of hydrogen-bond acceptors (Lipinski definition) is 5. The van der Waals surface area contributed by atoms with Gasteiger partial charge in [-0.05, 0) is 38.3 Å². The van der Waals surface area contributed by atoms with Gasteiger partial charge >= 0.3 is 5.97 Å². The van der Waals surface area contributed by atoms with Gasteiger partial charge in [0.2, 0.25) is 5.91 Å². The second-order valence-electron chi connectivity index (χ2n) is 4.78. The van der Waals surface area contributed by atoms with Crippen molar-refractivity contribution in [2.24, 2.45) is 0 Å². The highest BCUT2D eigenvalue weighted by atomic mass is 35.5. The maximum Gasteiger partial charge on any atom is 0.340 e. The van der Waals surface area contributed by atoms with E-state index in [-0.39, 0.29) is 23.0 Å². The number of hydrogen-bond donors (Lipinski definition) is 1.